The summed E-state index contributed by atoms with van der Waals surface area (Å²) in [7, 11) is 1.67. The molecule has 0 amide bonds. The fourth-order valence-corrected chi connectivity index (χ4v) is 2.19. The number of rotatable bonds is 5. The van der Waals surface area contributed by atoms with Gasteiger partial charge in [0, 0.05) is 29.4 Å². The SMILES string of the molecule is COCCC(N)c1nc(-c2ccc(Br)cc2)c(C)[nH]1. The summed E-state index contributed by atoms with van der Waals surface area (Å²) in [6, 6.07) is 7.97. The molecular formula is C14H18BrN3O. The van der Waals surface area contributed by atoms with Gasteiger partial charge in [-0.3, -0.25) is 0 Å². The number of nitrogens with one attached hydrogen (secondary N) is 1. The first-order chi connectivity index (χ1) is 9.11. The summed E-state index contributed by atoms with van der Waals surface area (Å²) in [5, 5.41) is 0. The summed E-state index contributed by atoms with van der Waals surface area (Å²) >= 11 is 3.43. The van der Waals surface area contributed by atoms with Crippen LogP contribution in [-0.2, 0) is 4.74 Å². The van der Waals surface area contributed by atoms with Gasteiger partial charge in [-0.25, -0.2) is 4.98 Å². The molecule has 1 unspecified atom stereocenters. The molecule has 4 nitrogen and oxygen atoms in total. The van der Waals surface area contributed by atoms with Crippen LogP contribution >= 0.6 is 15.9 Å². The highest BCUT2D eigenvalue weighted by Gasteiger charge is 2.14. The number of aromatic nitrogens is 2. The highest BCUT2D eigenvalue weighted by molar-refractivity contribution is 9.10. The Morgan fingerprint density at radius 1 is 1.37 bits per heavy atom. The minimum atomic E-state index is -0.122. The third-order valence-electron chi connectivity index (χ3n) is 3.00. The number of H-pyrrole nitrogens is 1. The summed E-state index contributed by atoms with van der Waals surface area (Å²) in [6.07, 6.45) is 0.753. The fourth-order valence-electron chi connectivity index (χ4n) is 1.93. The van der Waals surface area contributed by atoms with E-state index in [9.17, 15) is 0 Å². The van der Waals surface area contributed by atoms with Crippen molar-refractivity contribution in [1.29, 1.82) is 0 Å². The summed E-state index contributed by atoms with van der Waals surface area (Å²) in [4.78, 5) is 7.87. The monoisotopic (exact) mass is 323 g/mol. The molecule has 1 aromatic heterocycles. The third kappa shape index (κ3) is 3.43. The number of nitrogens with two attached hydrogens (primary N) is 1. The maximum absolute atomic E-state index is 6.08. The van der Waals surface area contributed by atoms with Crippen LogP contribution in [0.15, 0.2) is 28.7 Å². The van der Waals surface area contributed by atoms with Crippen molar-refractivity contribution in [1.82, 2.24) is 9.97 Å². The van der Waals surface area contributed by atoms with E-state index in [4.69, 9.17) is 10.5 Å². The van der Waals surface area contributed by atoms with E-state index in [2.05, 4.69) is 25.9 Å². The number of aryl methyl sites for hydroxylation is 1. The van der Waals surface area contributed by atoms with Gasteiger partial charge in [0.05, 0.1) is 11.7 Å². The highest BCUT2D eigenvalue weighted by Crippen LogP contribution is 2.25. The Morgan fingerprint density at radius 3 is 2.68 bits per heavy atom. The lowest BCUT2D eigenvalue weighted by atomic mass is 10.1. The molecule has 0 aliphatic heterocycles. The summed E-state index contributed by atoms with van der Waals surface area (Å²) in [5.74, 6) is 0.812. The second kappa shape index (κ2) is 6.32. The Kier molecular flexibility index (Phi) is 4.74. The Morgan fingerprint density at radius 2 is 2.05 bits per heavy atom. The van der Waals surface area contributed by atoms with E-state index in [1.54, 1.807) is 7.11 Å². The first-order valence-corrected chi connectivity index (χ1v) is 6.98. The summed E-state index contributed by atoms with van der Waals surface area (Å²) in [5.41, 5.74) is 9.16. The van der Waals surface area contributed by atoms with Gasteiger partial charge in [0.25, 0.3) is 0 Å². The van der Waals surface area contributed by atoms with Gasteiger partial charge in [-0.15, -0.1) is 0 Å². The van der Waals surface area contributed by atoms with Crippen molar-refractivity contribution < 1.29 is 4.74 Å². The van der Waals surface area contributed by atoms with Crippen molar-refractivity contribution >= 4 is 15.9 Å². The minimum absolute atomic E-state index is 0.122. The van der Waals surface area contributed by atoms with E-state index in [0.29, 0.717) is 6.61 Å². The molecule has 0 radical (unpaired) electrons. The van der Waals surface area contributed by atoms with Gasteiger partial charge >= 0.3 is 0 Å². The topological polar surface area (TPSA) is 63.9 Å². The van der Waals surface area contributed by atoms with E-state index in [0.717, 1.165) is 33.7 Å². The highest BCUT2D eigenvalue weighted by atomic mass is 79.9. The van der Waals surface area contributed by atoms with Crippen LogP contribution < -0.4 is 5.73 Å². The maximum atomic E-state index is 6.08. The molecular weight excluding hydrogens is 306 g/mol. The lowest BCUT2D eigenvalue weighted by Crippen LogP contribution is -2.14. The van der Waals surface area contributed by atoms with Crippen LogP contribution in [0.25, 0.3) is 11.3 Å². The average molecular weight is 324 g/mol. The van der Waals surface area contributed by atoms with E-state index >= 15 is 0 Å². The number of aromatic amines is 1. The van der Waals surface area contributed by atoms with E-state index in [-0.39, 0.29) is 6.04 Å². The molecule has 2 aromatic rings. The molecule has 1 atom stereocenters. The van der Waals surface area contributed by atoms with Gasteiger partial charge < -0.3 is 15.5 Å². The van der Waals surface area contributed by atoms with Crippen molar-refractivity contribution in [2.45, 2.75) is 19.4 Å². The van der Waals surface area contributed by atoms with E-state index < -0.39 is 0 Å². The van der Waals surface area contributed by atoms with Crippen LogP contribution in [-0.4, -0.2) is 23.7 Å². The smallest absolute Gasteiger partial charge is 0.124 e. The zero-order valence-electron chi connectivity index (χ0n) is 11.1. The average Bonchev–Trinajstić information content (AvgIpc) is 2.79. The molecule has 0 bridgehead atoms. The van der Waals surface area contributed by atoms with Crippen LogP contribution in [0.1, 0.15) is 24.0 Å². The Hall–Kier alpha value is -1.17. The lowest BCUT2D eigenvalue weighted by molar-refractivity contribution is 0.187. The molecule has 0 aliphatic carbocycles. The van der Waals surface area contributed by atoms with Gasteiger partial charge in [0.2, 0.25) is 0 Å². The van der Waals surface area contributed by atoms with Gasteiger partial charge in [0.15, 0.2) is 0 Å². The lowest BCUT2D eigenvalue weighted by Gasteiger charge is -2.06. The molecule has 0 fully saturated rings. The summed E-state index contributed by atoms with van der Waals surface area (Å²) in [6.45, 7) is 2.64. The van der Waals surface area contributed by atoms with Crippen LogP contribution in [0, 0.1) is 6.92 Å². The molecule has 19 heavy (non-hydrogen) atoms. The third-order valence-corrected chi connectivity index (χ3v) is 3.53. The van der Waals surface area contributed by atoms with Crippen molar-refractivity contribution in [2.75, 3.05) is 13.7 Å². The zero-order chi connectivity index (χ0) is 13.8. The Balaban J connectivity index is 2.23. The van der Waals surface area contributed by atoms with Gasteiger partial charge in [-0.05, 0) is 25.5 Å². The molecule has 3 N–H and O–H groups in total. The first kappa shape index (κ1) is 14.2. The van der Waals surface area contributed by atoms with Crippen molar-refractivity contribution in [3.63, 3.8) is 0 Å². The molecule has 5 heteroatoms. The number of hydrogen-bond donors (Lipinski definition) is 2. The minimum Gasteiger partial charge on any atom is -0.385 e. The number of ether oxygens (including phenoxy) is 1. The number of imidazole rings is 1. The number of hydrogen-bond acceptors (Lipinski definition) is 3. The van der Waals surface area contributed by atoms with Gasteiger partial charge in [-0.2, -0.15) is 0 Å². The Bertz CT molecular complexity index is 536. The molecule has 0 aliphatic rings. The number of benzene rings is 1. The van der Waals surface area contributed by atoms with Gasteiger partial charge in [0.1, 0.15) is 5.82 Å². The zero-order valence-corrected chi connectivity index (χ0v) is 12.7. The van der Waals surface area contributed by atoms with Crippen molar-refractivity contribution in [3.8, 4) is 11.3 Å². The van der Waals surface area contributed by atoms with Crippen molar-refractivity contribution in [3.05, 3.63) is 40.3 Å². The fraction of sp³-hybridized carbons (Fsp3) is 0.357. The normalized spacial score (nSPS) is 12.6. The first-order valence-electron chi connectivity index (χ1n) is 6.18. The predicted molar refractivity (Wildman–Crippen MR) is 79.9 cm³/mol. The van der Waals surface area contributed by atoms with Crippen LogP contribution in [0.5, 0.6) is 0 Å². The number of methoxy groups -OCH3 is 1. The quantitative estimate of drug-likeness (QED) is 0.888. The van der Waals surface area contributed by atoms with Crippen molar-refractivity contribution in [2.24, 2.45) is 5.73 Å². The van der Waals surface area contributed by atoms with Crippen LogP contribution in [0.4, 0.5) is 0 Å². The maximum Gasteiger partial charge on any atom is 0.124 e. The molecule has 0 saturated heterocycles. The molecule has 1 aromatic carbocycles. The standard InChI is InChI=1S/C14H18BrN3O/c1-9-13(10-3-5-11(15)6-4-10)18-14(17-9)12(16)7-8-19-2/h3-6,12H,7-8,16H2,1-2H3,(H,17,18). The number of nitrogens with zero attached hydrogens (tertiary/aromatic N) is 1. The molecule has 102 valence electrons. The number of halogens is 1. The largest absolute Gasteiger partial charge is 0.385 e. The van der Waals surface area contributed by atoms with E-state index in [1.165, 1.54) is 0 Å². The molecule has 2 rings (SSSR count). The van der Waals surface area contributed by atoms with Gasteiger partial charge in [-0.1, -0.05) is 28.1 Å². The second-order valence-electron chi connectivity index (χ2n) is 4.49. The molecule has 1 heterocycles. The van der Waals surface area contributed by atoms with E-state index in [1.807, 2.05) is 31.2 Å². The second-order valence-corrected chi connectivity index (χ2v) is 5.41. The van der Waals surface area contributed by atoms with Crippen LogP contribution in [0.3, 0.4) is 0 Å². The van der Waals surface area contributed by atoms with Crippen LogP contribution in [0.2, 0.25) is 0 Å². The predicted octanol–water partition coefficient (Wildman–Crippen LogP) is 3.18. The molecule has 0 saturated carbocycles. The Labute approximate surface area is 121 Å². The molecule has 0 spiro atoms. The summed E-state index contributed by atoms with van der Waals surface area (Å²) < 4.78 is 6.10.